The van der Waals surface area contributed by atoms with E-state index in [4.69, 9.17) is 0 Å². The Morgan fingerprint density at radius 1 is 1.00 bits per heavy atom. The van der Waals surface area contributed by atoms with Gasteiger partial charge in [0, 0.05) is 12.0 Å². The van der Waals surface area contributed by atoms with Crippen molar-refractivity contribution in [1.82, 2.24) is 10.6 Å². The van der Waals surface area contributed by atoms with E-state index in [2.05, 4.69) is 38.3 Å². The third-order valence-electron chi connectivity index (χ3n) is 6.01. The fourth-order valence-electron chi connectivity index (χ4n) is 5.45. The largest absolute Gasteiger partial charge is 0.353 e. The average molecular weight is 329 g/mol. The monoisotopic (exact) mass is 328 g/mol. The Morgan fingerprint density at radius 3 is 2.09 bits per heavy atom. The summed E-state index contributed by atoms with van der Waals surface area (Å²) in [6, 6.07) is 0.371. The maximum absolute atomic E-state index is 12.6. The molecule has 0 radical (unpaired) electrons. The van der Waals surface area contributed by atoms with E-state index in [1.165, 1.54) is 19.3 Å². The average Bonchev–Trinajstić information content (AvgIpc) is 2.99. The summed E-state index contributed by atoms with van der Waals surface area (Å²) in [5.74, 6) is 0.642. The predicted octanol–water partition coefficient (Wildman–Crippen LogP) is 3.52. The van der Waals surface area contributed by atoms with Crippen molar-refractivity contribution in [2.24, 2.45) is 22.2 Å². The molecule has 3 fully saturated rings. The van der Waals surface area contributed by atoms with E-state index in [1.54, 1.807) is 0 Å². The molecule has 1 saturated heterocycles. The number of halogens is 1. The fourth-order valence-corrected chi connectivity index (χ4v) is 5.45. The molecule has 1 atom stereocenters. The van der Waals surface area contributed by atoms with E-state index in [0.717, 1.165) is 32.4 Å². The van der Waals surface area contributed by atoms with E-state index < -0.39 is 0 Å². The molecule has 0 aromatic heterocycles. The lowest BCUT2D eigenvalue weighted by Crippen LogP contribution is -2.47. The molecule has 0 aromatic carbocycles. The molecule has 128 valence electrons. The molecule has 1 aliphatic heterocycles. The maximum atomic E-state index is 12.6. The van der Waals surface area contributed by atoms with Gasteiger partial charge >= 0.3 is 0 Å². The van der Waals surface area contributed by atoms with Crippen LogP contribution >= 0.6 is 12.4 Å². The molecule has 1 amide bonds. The van der Waals surface area contributed by atoms with E-state index in [9.17, 15) is 4.79 Å². The van der Waals surface area contributed by atoms with Crippen molar-refractivity contribution in [3.63, 3.8) is 0 Å². The molecule has 3 aliphatic rings. The number of nitrogens with one attached hydrogen (secondary N) is 2. The van der Waals surface area contributed by atoms with E-state index in [1.807, 2.05) is 0 Å². The lowest BCUT2D eigenvalue weighted by Gasteiger charge is -2.45. The zero-order valence-electron chi connectivity index (χ0n) is 14.6. The predicted molar refractivity (Wildman–Crippen MR) is 93.2 cm³/mol. The summed E-state index contributed by atoms with van der Waals surface area (Å²) in [6.07, 6.45) is 7.01. The highest BCUT2D eigenvalue weighted by atomic mass is 35.5. The number of amides is 1. The van der Waals surface area contributed by atoms with Gasteiger partial charge in [-0.25, -0.2) is 0 Å². The topological polar surface area (TPSA) is 41.1 Å². The Hall–Kier alpha value is -0.280. The van der Waals surface area contributed by atoms with Crippen molar-refractivity contribution in [2.45, 2.75) is 72.3 Å². The van der Waals surface area contributed by atoms with Crippen LogP contribution in [0.3, 0.4) is 0 Å². The van der Waals surface area contributed by atoms with Crippen LogP contribution in [0.5, 0.6) is 0 Å². The summed E-state index contributed by atoms with van der Waals surface area (Å²) in [6.45, 7) is 11.6. The number of piperidine rings is 1. The molecule has 22 heavy (non-hydrogen) atoms. The number of carbonyl (C=O) groups is 1. The van der Waals surface area contributed by atoms with Crippen LogP contribution in [0.15, 0.2) is 0 Å². The zero-order chi connectivity index (χ0) is 15.3. The second kappa shape index (κ2) is 5.98. The third-order valence-corrected chi connectivity index (χ3v) is 6.01. The van der Waals surface area contributed by atoms with Crippen molar-refractivity contribution < 1.29 is 4.79 Å². The van der Waals surface area contributed by atoms with Crippen LogP contribution in [0.25, 0.3) is 0 Å². The standard InChI is InChI=1S/C18H32N2O.ClH/c1-16(2)9-13(10-17(3,4)12-16)20-15(21)14-11-18(14)5-7-19-8-6-18;/h13-14,19H,5-12H2,1-4H3,(H,20,21);1H. The van der Waals surface area contributed by atoms with Crippen LogP contribution in [0, 0.1) is 22.2 Å². The van der Waals surface area contributed by atoms with Gasteiger partial charge in [-0.1, -0.05) is 27.7 Å². The Kier molecular flexibility index (Phi) is 4.91. The van der Waals surface area contributed by atoms with Gasteiger partial charge in [-0.3, -0.25) is 4.79 Å². The lowest BCUT2D eigenvalue weighted by molar-refractivity contribution is -0.124. The first-order valence-corrected chi connectivity index (χ1v) is 8.73. The molecule has 4 heteroatoms. The van der Waals surface area contributed by atoms with Gasteiger partial charge in [-0.2, -0.15) is 0 Å². The zero-order valence-corrected chi connectivity index (χ0v) is 15.4. The van der Waals surface area contributed by atoms with Gasteiger partial charge in [0.2, 0.25) is 5.91 Å². The quantitative estimate of drug-likeness (QED) is 0.814. The summed E-state index contributed by atoms with van der Waals surface area (Å²) >= 11 is 0. The lowest BCUT2D eigenvalue weighted by atomic mass is 9.63. The van der Waals surface area contributed by atoms with E-state index in [-0.39, 0.29) is 12.4 Å². The van der Waals surface area contributed by atoms with Crippen LogP contribution in [0.2, 0.25) is 0 Å². The van der Waals surface area contributed by atoms with Crippen molar-refractivity contribution >= 4 is 18.3 Å². The van der Waals surface area contributed by atoms with Gasteiger partial charge in [0.25, 0.3) is 0 Å². The van der Waals surface area contributed by atoms with Gasteiger partial charge in [0.1, 0.15) is 0 Å². The van der Waals surface area contributed by atoms with Gasteiger partial charge in [-0.05, 0) is 67.9 Å². The van der Waals surface area contributed by atoms with Gasteiger partial charge in [-0.15, -0.1) is 12.4 Å². The molecule has 1 spiro atoms. The molecule has 3 rings (SSSR count). The highest BCUT2D eigenvalue weighted by molar-refractivity contribution is 5.85. The molecule has 3 nitrogen and oxygen atoms in total. The third kappa shape index (κ3) is 3.79. The van der Waals surface area contributed by atoms with Crippen molar-refractivity contribution in [1.29, 1.82) is 0 Å². The first-order valence-electron chi connectivity index (χ1n) is 8.73. The molecular formula is C18H33ClN2O. The van der Waals surface area contributed by atoms with E-state index in [0.29, 0.717) is 34.1 Å². The first-order chi connectivity index (χ1) is 9.72. The van der Waals surface area contributed by atoms with Gasteiger partial charge in [0.05, 0.1) is 0 Å². The molecule has 2 saturated carbocycles. The van der Waals surface area contributed by atoms with Crippen molar-refractivity contribution in [3.8, 4) is 0 Å². The number of hydrogen-bond donors (Lipinski definition) is 2. The summed E-state index contributed by atoms with van der Waals surface area (Å²) in [5.41, 5.74) is 1.04. The van der Waals surface area contributed by atoms with Crippen LogP contribution in [0.1, 0.15) is 66.2 Å². The maximum Gasteiger partial charge on any atom is 0.223 e. The number of rotatable bonds is 2. The smallest absolute Gasteiger partial charge is 0.223 e. The summed E-state index contributed by atoms with van der Waals surface area (Å²) in [5, 5.41) is 6.82. The van der Waals surface area contributed by atoms with Crippen molar-refractivity contribution in [2.75, 3.05) is 13.1 Å². The minimum Gasteiger partial charge on any atom is -0.353 e. The highest BCUT2D eigenvalue weighted by Gasteiger charge is 2.58. The van der Waals surface area contributed by atoms with E-state index >= 15 is 0 Å². The second-order valence-corrected chi connectivity index (χ2v) is 9.49. The Bertz CT molecular complexity index is 411. The van der Waals surface area contributed by atoms with Crippen molar-refractivity contribution in [3.05, 3.63) is 0 Å². The summed E-state index contributed by atoms with van der Waals surface area (Å²) in [7, 11) is 0. The molecule has 2 aliphatic carbocycles. The summed E-state index contributed by atoms with van der Waals surface area (Å²) in [4.78, 5) is 12.6. The Morgan fingerprint density at radius 2 is 1.55 bits per heavy atom. The molecule has 0 aromatic rings. The second-order valence-electron chi connectivity index (χ2n) is 9.49. The minimum atomic E-state index is 0. The van der Waals surface area contributed by atoms with Gasteiger partial charge < -0.3 is 10.6 Å². The van der Waals surface area contributed by atoms with Crippen LogP contribution < -0.4 is 10.6 Å². The Balaban J connectivity index is 0.00000176. The molecule has 1 unspecified atom stereocenters. The normalized spacial score (nSPS) is 32.1. The summed E-state index contributed by atoms with van der Waals surface area (Å²) < 4.78 is 0. The van der Waals surface area contributed by atoms with Crippen LogP contribution in [0.4, 0.5) is 0 Å². The number of carbonyl (C=O) groups excluding carboxylic acids is 1. The van der Waals surface area contributed by atoms with Gasteiger partial charge in [0.15, 0.2) is 0 Å². The molecule has 1 heterocycles. The fraction of sp³-hybridized carbons (Fsp3) is 0.944. The molecule has 2 N–H and O–H groups in total. The molecule has 0 bridgehead atoms. The minimum absolute atomic E-state index is 0. The van der Waals surface area contributed by atoms with Crippen LogP contribution in [-0.2, 0) is 4.79 Å². The molecular weight excluding hydrogens is 296 g/mol. The SMILES string of the molecule is CC1(C)CC(NC(=O)C2CC23CCNCC3)CC(C)(C)C1.Cl. The van der Waals surface area contributed by atoms with Crippen LogP contribution in [-0.4, -0.2) is 25.0 Å². The Labute approximate surface area is 141 Å². The highest BCUT2D eigenvalue weighted by Crippen LogP contribution is 2.58. The first kappa shape index (κ1) is 18.1. The number of hydrogen-bond acceptors (Lipinski definition) is 2.